The van der Waals surface area contributed by atoms with Crippen molar-refractivity contribution >= 4 is 11.6 Å². The number of rotatable bonds is 14. The fourth-order valence-corrected chi connectivity index (χ4v) is 6.52. The second-order valence-electron chi connectivity index (χ2n) is 15.1. The van der Waals surface area contributed by atoms with E-state index < -0.39 is 10.8 Å². The maximum absolute atomic E-state index is 13.1. The van der Waals surface area contributed by atoms with Gasteiger partial charge in [0.15, 0.2) is 11.6 Å². The first-order chi connectivity index (χ1) is 21.4. The summed E-state index contributed by atoms with van der Waals surface area (Å²) in [6.45, 7) is 21.0. The number of methoxy groups -OCH3 is 2. The van der Waals surface area contributed by atoms with Crippen molar-refractivity contribution in [3.05, 3.63) is 107 Å². The molecule has 2 unspecified atom stereocenters. The molecule has 2 saturated carbocycles. The molecule has 4 heteroatoms. The van der Waals surface area contributed by atoms with Gasteiger partial charge < -0.3 is 9.47 Å². The van der Waals surface area contributed by atoms with Crippen molar-refractivity contribution < 1.29 is 19.1 Å². The van der Waals surface area contributed by atoms with Crippen LogP contribution in [-0.2, 0) is 19.1 Å². The minimum atomic E-state index is -0.413. The fraction of sp³-hybridized carbons (Fsp3) is 0.524. The van der Waals surface area contributed by atoms with E-state index in [1.54, 1.807) is 26.4 Å². The van der Waals surface area contributed by atoms with Gasteiger partial charge in [-0.05, 0) is 76.4 Å². The van der Waals surface area contributed by atoms with Crippen LogP contribution in [0.1, 0.15) is 94.9 Å². The maximum atomic E-state index is 13.1. The van der Waals surface area contributed by atoms with Crippen LogP contribution >= 0.6 is 0 Å². The van der Waals surface area contributed by atoms with E-state index in [-0.39, 0.29) is 34.6 Å². The molecule has 4 nitrogen and oxygen atoms in total. The van der Waals surface area contributed by atoms with Gasteiger partial charge in [-0.3, -0.25) is 9.59 Å². The predicted octanol–water partition coefficient (Wildman–Crippen LogP) is 10.4. The maximum Gasteiger partial charge on any atom is 0.162 e. The first kappa shape index (κ1) is 39.1. The number of carbonyl (C=O) groups is 2. The Hall–Kier alpha value is -3.08. The molecule has 0 spiro atoms. The molecule has 0 aromatic heterocycles. The highest BCUT2D eigenvalue weighted by molar-refractivity contribution is 5.96. The third-order valence-corrected chi connectivity index (χ3v) is 10.8. The minimum absolute atomic E-state index is 0.0942. The monoisotopic (exact) mass is 628 g/mol. The summed E-state index contributed by atoms with van der Waals surface area (Å²) < 4.78 is 11.1. The summed E-state index contributed by atoms with van der Waals surface area (Å²) in [5.41, 5.74) is 3.29. The zero-order valence-electron chi connectivity index (χ0n) is 30.7. The molecule has 0 radical (unpaired) electrons. The SMILES string of the molecule is COC1CC(C)(C)[C@](C)(C(=O)/C=C/C(C)=C/C=C/C(C)=C/C=C/C=C(C)/C=C/C=C(C)/C=C/C(=O)[C@]2(C)CC(OC)CC2(C)C)C1. The third kappa shape index (κ3) is 10.2. The molecule has 2 aliphatic rings. The Labute approximate surface area is 280 Å². The average molecular weight is 629 g/mol. The largest absolute Gasteiger partial charge is 0.381 e. The number of hydrogen-bond donors (Lipinski definition) is 0. The van der Waals surface area contributed by atoms with Crippen molar-refractivity contribution in [3.8, 4) is 0 Å². The summed E-state index contributed by atoms with van der Waals surface area (Å²) >= 11 is 0. The molecular weight excluding hydrogens is 568 g/mol. The van der Waals surface area contributed by atoms with E-state index >= 15 is 0 Å². The van der Waals surface area contributed by atoms with Crippen molar-refractivity contribution in [1.82, 2.24) is 0 Å². The van der Waals surface area contributed by atoms with Gasteiger partial charge >= 0.3 is 0 Å². The van der Waals surface area contributed by atoms with Gasteiger partial charge in [-0.1, -0.05) is 137 Å². The van der Waals surface area contributed by atoms with Crippen molar-refractivity contribution in [1.29, 1.82) is 0 Å². The first-order valence-electron chi connectivity index (χ1n) is 16.6. The van der Waals surface area contributed by atoms with Crippen LogP contribution < -0.4 is 0 Å². The highest BCUT2D eigenvalue weighted by atomic mass is 16.5. The van der Waals surface area contributed by atoms with E-state index in [2.05, 4.69) is 79.7 Å². The summed E-state index contributed by atoms with van der Waals surface area (Å²) in [5.74, 6) is 0.337. The first-order valence-corrected chi connectivity index (χ1v) is 16.6. The van der Waals surface area contributed by atoms with Crippen LogP contribution in [0, 0.1) is 21.7 Å². The van der Waals surface area contributed by atoms with E-state index in [0.717, 1.165) is 48.0 Å². The lowest BCUT2D eigenvalue weighted by atomic mass is 9.66. The zero-order valence-corrected chi connectivity index (χ0v) is 30.7. The molecule has 0 heterocycles. The Bertz CT molecular complexity index is 1270. The summed E-state index contributed by atoms with van der Waals surface area (Å²) in [4.78, 5) is 26.2. The number of ketones is 2. The normalized spacial score (nSPS) is 29.5. The minimum Gasteiger partial charge on any atom is -0.381 e. The molecule has 0 bridgehead atoms. The van der Waals surface area contributed by atoms with Gasteiger partial charge in [0.2, 0.25) is 0 Å². The van der Waals surface area contributed by atoms with Crippen LogP contribution in [0.4, 0.5) is 0 Å². The molecule has 0 aromatic carbocycles. The highest BCUT2D eigenvalue weighted by Gasteiger charge is 2.54. The molecule has 2 fully saturated rings. The number of hydrogen-bond acceptors (Lipinski definition) is 4. The van der Waals surface area contributed by atoms with E-state index in [1.807, 2.05) is 62.5 Å². The van der Waals surface area contributed by atoms with Crippen molar-refractivity contribution in [2.75, 3.05) is 14.2 Å². The molecule has 0 N–H and O–H groups in total. The zero-order chi connectivity index (χ0) is 34.8. The highest BCUT2D eigenvalue weighted by Crippen LogP contribution is 2.55. The van der Waals surface area contributed by atoms with Crippen LogP contribution in [0.2, 0.25) is 0 Å². The lowest BCUT2D eigenvalue weighted by Crippen LogP contribution is -2.36. The van der Waals surface area contributed by atoms with E-state index in [0.29, 0.717) is 0 Å². The molecule has 4 atom stereocenters. The van der Waals surface area contributed by atoms with Crippen LogP contribution in [0.25, 0.3) is 0 Å². The molecule has 46 heavy (non-hydrogen) atoms. The molecule has 0 saturated heterocycles. The Morgan fingerprint density at radius 3 is 1.09 bits per heavy atom. The van der Waals surface area contributed by atoms with Crippen LogP contribution in [-0.4, -0.2) is 38.0 Å². The fourth-order valence-electron chi connectivity index (χ4n) is 6.52. The number of ether oxygens (including phenoxy) is 2. The Balaban J connectivity index is 1.88. The summed E-state index contributed by atoms with van der Waals surface area (Å²) in [5, 5.41) is 0. The van der Waals surface area contributed by atoms with Gasteiger partial charge in [-0.2, -0.15) is 0 Å². The third-order valence-electron chi connectivity index (χ3n) is 10.8. The summed E-state index contributed by atoms with van der Waals surface area (Å²) in [6.07, 6.45) is 31.2. The van der Waals surface area contributed by atoms with E-state index in [9.17, 15) is 9.59 Å². The topological polar surface area (TPSA) is 52.6 Å². The van der Waals surface area contributed by atoms with Crippen LogP contribution in [0.3, 0.4) is 0 Å². The van der Waals surface area contributed by atoms with E-state index in [4.69, 9.17) is 9.47 Å². The molecule has 2 aliphatic carbocycles. The predicted molar refractivity (Wildman–Crippen MR) is 195 cm³/mol. The second-order valence-corrected chi connectivity index (χ2v) is 15.1. The Morgan fingerprint density at radius 2 is 0.783 bits per heavy atom. The summed E-state index contributed by atoms with van der Waals surface area (Å²) in [7, 11) is 3.46. The molecule has 252 valence electrons. The van der Waals surface area contributed by atoms with E-state index in [1.165, 1.54) is 0 Å². The quantitative estimate of drug-likeness (QED) is 0.142. The van der Waals surface area contributed by atoms with Gasteiger partial charge in [0.1, 0.15) is 0 Å². The van der Waals surface area contributed by atoms with Gasteiger partial charge in [0, 0.05) is 25.0 Å². The molecule has 0 amide bonds. The lowest BCUT2D eigenvalue weighted by molar-refractivity contribution is -0.128. The van der Waals surface area contributed by atoms with Crippen molar-refractivity contribution in [3.63, 3.8) is 0 Å². The smallest absolute Gasteiger partial charge is 0.162 e. The van der Waals surface area contributed by atoms with Gasteiger partial charge in [-0.15, -0.1) is 0 Å². The standard InChI is InChI=1S/C42H60O4/c1-31(19-15-21-33(3)23-25-37(43)41(9)29-35(45-11)27-39(41,5)6)17-13-14-18-32(2)20-16-22-34(4)24-26-38(44)42(10)30-36(46-12)28-40(42,7)8/h13-26,35-36H,27-30H2,1-12H3/b14-13+,19-15+,20-16+,25-23+,26-24+,31-17+,32-18+,33-21+,34-22+/t35?,36?,41-,42-/m0/s1. The lowest BCUT2D eigenvalue weighted by Gasteiger charge is -2.35. The van der Waals surface area contributed by atoms with Crippen molar-refractivity contribution in [2.45, 2.75) is 107 Å². The molecular formula is C42H60O4. The molecule has 2 rings (SSSR count). The summed E-state index contributed by atoms with van der Waals surface area (Å²) in [6, 6.07) is 0. The van der Waals surface area contributed by atoms with Crippen molar-refractivity contribution in [2.24, 2.45) is 21.7 Å². The van der Waals surface area contributed by atoms with Crippen LogP contribution in [0.5, 0.6) is 0 Å². The Kier molecular flexibility index (Phi) is 14.2. The Morgan fingerprint density at radius 1 is 0.478 bits per heavy atom. The number of carbonyl (C=O) groups excluding carboxylic acids is 2. The second kappa shape index (κ2) is 16.7. The van der Waals surface area contributed by atoms with Gasteiger partial charge in [0.25, 0.3) is 0 Å². The van der Waals surface area contributed by atoms with Gasteiger partial charge in [-0.25, -0.2) is 0 Å². The number of allylic oxidation sites excluding steroid dienone is 18. The average Bonchev–Trinajstić information content (AvgIpc) is 3.39. The van der Waals surface area contributed by atoms with Gasteiger partial charge in [0.05, 0.1) is 12.2 Å². The molecule has 0 aromatic rings. The van der Waals surface area contributed by atoms with Crippen LogP contribution in [0.15, 0.2) is 107 Å². The molecule has 0 aliphatic heterocycles.